The predicted molar refractivity (Wildman–Crippen MR) is 49.2 cm³/mol. The van der Waals surface area contributed by atoms with Crippen molar-refractivity contribution >= 4 is 5.97 Å². The average molecular weight is 171 g/mol. The highest BCUT2D eigenvalue weighted by molar-refractivity contribution is 5.72. The quantitative estimate of drug-likeness (QED) is 0.649. The normalized spacial score (nSPS) is 12.8. The summed E-state index contributed by atoms with van der Waals surface area (Å²) in [6.45, 7) is 6.37. The zero-order valence-corrected chi connectivity index (χ0v) is 8.16. The second-order valence-corrected chi connectivity index (χ2v) is 3.24. The third-order valence-electron chi connectivity index (χ3n) is 1.81. The first kappa shape index (κ1) is 11.2. The van der Waals surface area contributed by atoms with Crippen LogP contribution in [0.15, 0.2) is 11.6 Å². The zero-order chi connectivity index (χ0) is 9.72. The fraction of sp³-hybridized carbons (Fsp3) is 0.667. The van der Waals surface area contributed by atoms with Gasteiger partial charge in [0.1, 0.15) is 6.04 Å². The number of aliphatic carboxylic acids is 1. The van der Waals surface area contributed by atoms with E-state index in [1.54, 1.807) is 18.9 Å². The molecule has 0 aromatic rings. The van der Waals surface area contributed by atoms with Crippen molar-refractivity contribution in [2.75, 3.05) is 13.6 Å². The van der Waals surface area contributed by atoms with Gasteiger partial charge in [0, 0.05) is 6.54 Å². The number of nitrogens with zero attached hydrogens (tertiary/aromatic N) is 1. The van der Waals surface area contributed by atoms with E-state index in [2.05, 4.69) is 0 Å². The minimum Gasteiger partial charge on any atom is -0.480 e. The first-order chi connectivity index (χ1) is 5.45. The number of hydrogen-bond acceptors (Lipinski definition) is 2. The van der Waals surface area contributed by atoms with Gasteiger partial charge in [-0.2, -0.15) is 0 Å². The molecule has 0 rings (SSSR count). The molecule has 70 valence electrons. The van der Waals surface area contributed by atoms with Crippen LogP contribution in [0.2, 0.25) is 0 Å². The Morgan fingerprint density at radius 3 is 2.42 bits per heavy atom. The van der Waals surface area contributed by atoms with E-state index in [-0.39, 0.29) is 0 Å². The molecule has 0 aliphatic heterocycles. The third-order valence-corrected chi connectivity index (χ3v) is 1.81. The predicted octanol–water partition coefficient (Wildman–Crippen LogP) is 1.36. The van der Waals surface area contributed by atoms with E-state index in [1.165, 1.54) is 5.57 Å². The van der Waals surface area contributed by atoms with Gasteiger partial charge in [-0.3, -0.25) is 9.69 Å². The molecular formula is C9H17NO2. The molecule has 0 aliphatic carbocycles. The fourth-order valence-electron chi connectivity index (χ4n) is 0.673. The number of hydrogen-bond donors (Lipinski definition) is 1. The van der Waals surface area contributed by atoms with Crippen LogP contribution in [0.25, 0.3) is 0 Å². The molecule has 3 nitrogen and oxygen atoms in total. The number of carboxylic acids is 1. The summed E-state index contributed by atoms with van der Waals surface area (Å²) < 4.78 is 0. The Morgan fingerprint density at radius 2 is 2.08 bits per heavy atom. The highest BCUT2D eigenvalue weighted by Crippen LogP contribution is 1.97. The Bertz CT molecular complexity index is 183. The number of likely N-dealkylation sites (N-methyl/N-ethyl adjacent to an activating group) is 1. The molecule has 0 heterocycles. The summed E-state index contributed by atoms with van der Waals surface area (Å²) in [7, 11) is 1.80. The third kappa shape index (κ3) is 4.13. The molecular weight excluding hydrogens is 154 g/mol. The lowest BCUT2D eigenvalue weighted by atomic mass is 10.2. The summed E-state index contributed by atoms with van der Waals surface area (Å²) in [5.41, 5.74) is 1.21. The second kappa shape index (κ2) is 4.93. The standard InChI is InChI=1S/C9H17NO2/c1-7(2)5-6-10(4)8(3)9(11)12/h5,8H,6H2,1-4H3,(H,11,12). The van der Waals surface area contributed by atoms with Crippen LogP contribution in [0.1, 0.15) is 20.8 Å². The minimum atomic E-state index is -0.778. The maximum Gasteiger partial charge on any atom is 0.320 e. The average Bonchev–Trinajstić information content (AvgIpc) is 1.98. The fourth-order valence-corrected chi connectivity index (χ4v) is 0.673. The van der Waals surface area contributed by atoms with Crippen LogP contribution in [0.3, 0.4) is 0 Å². The van der Waals surface area contributed by atoms with Crippen molar-refractivity contribution in [3.8, 4) is 0 Å². The molecule has 0 bridgehead atoms. The highest BCUT2D eigenvalue weighted by atomic mass is 16.4. The van der Waals surface area contributed by atoms with Gasteiger partial charge in [-0.05, 0) is 27.8 Å². The molecule has 0 radical (unpaired) electrons. The lowest BCUT2D eigenvalue weighted by Gasteiger charge is -2.19. The summed E-state index contributed by atoms with van der Waals surface area (Å²) in [5.74, 6) is -0.778. The number of carbonyl (C=O) groups is 1. The second-order valence-electron chi connectivity index (χ2n) is 3.24. The van der Waals surface area contributed by atoms with Gasteiger partial charge in [-0.25, -0.2) is 0 Å². The van der Waals surface area contributed by atoms with Gasteiger partial charge in [0.15, 0.2) is 0 Å². The molecule has 0 spiro atoms. The molecule has 0 fully saturated rings. The van der Waals surface area contributed by atoms with E-state index in [0.29, 0.717) is 6.54 Å². The van der Waals surface area contributed by atoms with Crippen molar-refractivity contribution in [3.63, 3.8) is 0 Å². The van der Waals surface area contributed by atoms with Crippen LogP contribution in [0, 0.1) is 0 Å². The Hall–Kier alpha value is -0.830. The van der Waals surface area contributed by atoms with Gasteiger partial charge >= 0.3 is 5.97 Å². The summed E-state index contributed by atoms with van der Waals surface area (Å²) in [4.78, 5) is 12.3. The summed E-state index contributed by atoms with van der Waals surface area (Å²) in [5, 5.41) is 8.66. The molecule has 0 amide bonds. The van der Waals surface area contributed by atoms with Crippen molar-refractivity contribution in [1.82, 2.24) is 4.90 Å². The molecule has 1 atom stereocenters. The summed E-state index contributed by atoms with van der Waals surface area (Å²) >= 11 is 0. The largest absolute Gasteiger partial charge is 0.480 e. The molecule has 0 aliphatic rings. The van der Waals surface area contributed by atoms with E-state index in [1.807, 2.05) is 19.9 Å². The van der Waals surface area contributed by atoms with Gasteiger partial charge in [0.2, 0.25) is 0 Å². The Kier molecular flexibility index (Phi) is 4.59. The molecule has 12 heavy (non-hydrogen) atoms. The summed E-state index contributed by atoms with van der Waals surface area (Å²) in [6.07, 6.45) is 2.01. The Balaban J connectivity index is 3.95. The van der Waals surface area contributed by atoms with Gasteiger partial charge in [0.25, 0.3) is 0 Å². The highest BCUT2D eigenvalue weighted by Gasteiger charge is 2.14. The van der Waals surface area contributed by atoms with E-state index in [4.69, 9.17) is 5.11 Å². The lowest BCUT2D eigenvalue weighted by molar-refractivity contribution is -0.141. The maximum atomic E-state index is 10.5. The molecule has 0 saturated carbocycles. The maximum absolute atomic E-state index is 10.5. The van der Waals surface area contributed by atoms with Crippen LogP contribution in [0.5, 0.6) is 0 Å². The lowest BCUT2D eigenvalue weighted by Crippen LogP contribution is -2.35. The van der Waals surface area contributed by atoms with E-state index >= 15 is 0 Å². The van der Waals surface area contributed by atoms with Gasteiger partial charge in [-0.1, -0.05) is 11.6 Å². The van der Waals surface area contributed by atoms with Crippen LogP contribution < -0.4 is 0 Å². The van der Waals surface area contributed by atoms with Crippen molar-refractivity contribution in [2.45, 2.75) is 26.8 Å². The van der Waals surface area contributed by atoms with Gasteiger partial charge in [-0.15, -0.1) is 0 Å². The van der Waals surface area contributed by atoms with Crippen molar-refractivity contribution in [3.05, 3.63) is 11.6 Å². The van der Waals surface area contributed by atoms with Crippen molar-refractivity contribution in [2.24, 2.45) is 0 Å². The van der Waals surface area contributed by atoms with E-state index < -0.39 is 12.0 Å². The molecule has 0 aromatic carbocycles. The number of allylic oxidation sites excluding steroid dienone is 1. The van der Waals surface area contributed by atoms with Gasteiger partial charge in [0.05, 0.1) is 0 Å². The molecule has 3 heteroatoms. The van der Waals surface area contributed by atoms with E-state index in [0.717, 1.165) is 0 Å². The van der Waals surface area contributed by atoms with E-state index in [9.17, 15) is 4.79 Å². The van der Waals surface area contributed by atoms with Crippen LogP contribution in [0.4, 0.5) is 0 Å². The van der Waals surface area contributed by atoms with Crippen LogP contribution in [-0.4, -0.2) is 35.6 Å². The smallest absolute Gasteiger partial charge is 0.320 e. The van der Waals surface area contributed by atoms with Crippen LogP contribution in [-0.2, 0) is 4.79 Å². The van der Waals surface area contributed by atoms with Crippen molar-refractivity contribution in [1.29, 1.82) is 0 Å². The Morgan fingerprint density at radius 1 is 1.58 bits per heavy atom. The van der Waals surface area contributed by atoms with Crippen LogP contribution >= 0.6 is 0 Å². The number of rotatable bonds is 4. The Labute approximate surface area is 73.7 Å². The molecule has 0 aromatic heterocycles. The zero-order valence-electron chi connectivity index (χ0n) is 8.16. The monoisotopic (exact) mass is 171 g/mol. The SMILES string of the molecule is CC(C)=CCN(C)C(C)C(=O)O. The summed E-state index contributed by atoms with van der Waals surface area (Å²) in [6, 6.07) is -0.416. The first-order valence-electron chi connectivity index (χ1n) is 4.01. The topological polar surface area (TPSA) is 40.5 Å². The van der Waals surface area contributed by atoms with Gasteiger partial charge < -0.3 is 5.11 Å². The minimum absolute atomic E-state index is 0.416. The molecule has 1 N–H and O–H groups in total. The van der Waals surface area contributed by atoms with Crippen molar-refractivity contribution < 1.29 is 9.90 Å². The molecule has 0 saturated heterocycles. The first-order valence-corrected chi connectivity index (χ1v) is 4.01. The number of carboxylic acid groups (broad SMARTS) is 1. The molecule has 1 unspecified atom stereocenters.